The first-order chi connectivity index (χ1) is 16.6. The lowest BCUT2D eigenvalue weighted by atomic mass is 10.1. The number of anilines is 2. The van der Waals surface area contributed by atoms with Gasteiger partial charge in [-0.2, -0.15) is 0 Å². The molecule has 0 unspecified atom stereocenters. The van der Waals surface area contributed by atoms with Crippen LogP contribution in [-0.4, -0.2) is 30.1 Å². The van der Waals surface area contributed by atoms with E-state index in [1.165, 1.54) is 5.56 Å². The predicted molar refractivity (Wildman–Crippen MR) is 133 cm³/mol. The van der Waals surface area contributed by atoms with Gasteiger partial charge in [-0.1, -0.05) is 35.9 Å². The molecule has 0 saturated carbocycles. The molecule has 4 rings (SSSR count). The molecule has 1 aromatic heterocycles. The van der Waals surface area contributed by atoms with Crippen LogP contribution < -0.4 is 20.1 Å². The third-order valence-corrected chi connectivity index (χ3v) is 5.30. The van der Waals surface area contributed by atoms with Crippen molar-refractivity contribution in [2.75, 3.05) is 19.5 Å². The number of amides is 1. The van der Waals surface area contributed by atoms with Crippen molar-refractivity contribution in [1.82, 2.24) is 15.3 Å². The van der Waals surface area contributed by atoms with Crippen LogP contribution in [0.25, 0.3) is 11.4 Å². The van der Waals surface area contributed by atoms with Gasteiger partial charge in [-0.25, -0.2) is 9.97 Å². The zero-order valence-electron chi connectivity index (χ0n) is 19.3. The van der Waals surface area contributed by atoms with E-state index in [9.17, 15) is 4.79 Å². The minimum absolute atomic E-state index is 0.190. The molecule has 2 N–H and O–H groups in total. The first kappa shape index (κ1) is 22.8. The highest BCUT2D eigenvalue weighted by atomic mass is 16.5. The molecular formula is C27H26N4O3. The third-order valence-electron chi connectivity index (χ3n) is 5.30. The van der Waals surface area contributed by atoms with Crippen LogP contribution in [0.5, 0.6) is 11.5 Å². The average molecular weight is 455 g/mol. The summed E-state index contributed by atoms with van der Waals surface area (Å²) in [5.74, 6) is 2.44. The molecule has 0 bridgehead atoms. The largest absolute Gasteiger partial charge is 0.497 e. The van der Waals surface area contributed by atoms with Crippen LogP contribution in [-0.2, 0) is 6.54 Å². The molecule has 1 amide bonds. The highest BCUT2D eigenvalue weighted by molar-refractivity contribution is 5.95. The van der Waals surface area contributed by atoms with E-state index in [2.05, 4.69) is 20.6 Å². The van der Waals surface area contributed by atoms with E-state index in [4.69, 9.17) is 9.47 Å². The highest BCUT2D eigenvalue weighted by Crippen LogP contribution is 2.25. The van der Waals surface area contributed by atoms with Crippen molar-refractivity contribution in [1.29, 1.82) is 0 Å². The number of carbonyl (C=O) groups excluding carboxylic acids is 1. The maximum absolute atomic E-state index is 12.8. The molecule has 3 aromatic carbocycles. The first-order valence-electron chi connectivity index (χ1n) is 10.8. The topological polar surface area (TPSA) is 85.4 Å². The van der Waals surface area contributed by atoms with Crippen LogP contribution in [0.2, 0.25) is 0 Å². The molecule has 172 valence electrons. The Balaban J connectivity index is 1.44. The van der Waals surface area contributed by atoms with Crippen molar-refractivity contribution in [2.24, 2.45) is 0 Å². The molecule has 7 heteroatoms. The molecule has 7 nitrogen and oxygen atoms in total. The van der Waals surface area contributed by atoms with Gasteiger partial charge < -0.3 is 20.1 Å². The molecule has 0 aliphatic carbocycles. The van der Waals surface area contributed by atoms with Gasteiger partial charge in [0.2, 0.25) is 0 Å². The summed E-state index contributed by atoms with van der Waals surface area (Å²) in [5.41, 5.74) is 4.26. The Kier molecular flexibility index (Phi) is 7.03. The number of ether oxygens (including phenoxy) is 2. The van der Waals surface area contributed by atoms with Gasteiger partial charge in [-0.3, -0.25) is 4.79 Å². The van der Waals surface area contributed by atoms with Gasteiger partial charge in [-0.05, 0) is 43.3 Å². The van der Waals surface area contributed by atoms with Gasteiger partial charge in [0.25, 0.3) is 5.91 Å². The summed E-state index contributed by atoms with van der Waals surface area (Å²) in [5, 5.41) is 6.20. The number of nitrogens with zero attached hydrogens (tertiary/aromatic N) is 2. The fraction of sp³-hybridized carbons (Fsp3) is 0.148. The molecule has 0 aliphatic rings. The molecule has 0 spiro atoms. The zero-order chi connectivity index (χ0) is 23.9. The first-order valence-corrected chi connectivity index (χ1v) is 10.8. The number of hydrogen-bond donors (Lipinski definition) is 2. The fourth-order valence-corrected chi connectivity index (χ4v) is 3.43. The van der Waals surface area contributed by atoms with Crippen LogP contribution in [0.15, 0.2) is 79.0 Å². The summed E-state index contributed by atoms with van der Waals surface area (Å²) in [7, 11) is 3.19. The van der Waals surface area contributed by atoms with E-state index in [0.717, 1.165) is 16.8 Å². The van der Waals surface area contributed by atoms with E-state index in [0.29, 0.717) is 35.2 Å². The Morgan fingerprint density at radius 2 is 1.76 bits per heavy atom. The number of aryl methyl sites for hydroxylation is 1. The van der Waals surface area contributed by atoms with Gasteiger partial charge in [-0.15, -0.1) is 0 Å². The predicted octanol–water partition coefficient (Wildman–Crippen LogP) is 5.14. The number of aromatic nitrogens is 2. The molecule has 0 saturated heterocycles. The number of nitrogens with one attached hydrogen (secondary N) is 2. The minimum atomic E-state index is -0.190. The normalized spacial score (nSPS) is 10.4. The summed E-state index contributed by atoms with van der Waals surface area (Å²) in [4.78, 5) is 21.8. The lowest BCUT2D eigenvalue weighted by molar-refractivity contribution is 0.0950. The molecule has 1 heterocycles. The van der Waals surface area contributed by atoms with Crippen LogP contribution >= 0.6 is 0 Å². The molecule has 0 atom stereocenters. The maximum Gasteiger partial charge on any atom is 0.251 e. The van der Waals surface area contributed by atoms with Crippen molar-refractivity contribution < 1.29 is 14.3 Å². The second-order valence-electron chi connectivity index (χ2n) is 7.70. The van der Waals surface area contributed by atoms with E-state index in [1.807, 2.05) is 55.5 Å². The maximum atomic E-state index is 12.8. The fourth-order valence-electron chi connectivity index (χ4n) is 3.43. The Morgan fingerprint density at radius 3 is 2.53 bits per heavy atom. The Hall–Kier alpha value is -4.39. The summed E-state index contributed by atoms with van der Waals surface area (Å²) in [6, 6.07) is 22.6. The van der Waals surface area contributed by atoms with Gasteiger partial charge >= 0.3 is 0 Å². The summed E-state index contributed by atoms with van der Waals surface area (Å²) < 4.78 is 10.6. The van der Waals surface area contributed by atoms with E-state index in [1.54, 1.807) is 44.7 Å². The molecule has 0 radical (unpaired) electrons. The van der Waals surface area contributed by atoms with Crippen LogP contribution in [0.3, 0.4) is 0 Å². The van der Waals surface area contributed by atoms with Crippen LogP contribution in [0.1, 0.15) is 21.5 Å². The van der Waals surface area contributed by atoms with Crippen molar-refractivity contribution in [3.8, 4) is 22.9 Å². The van der Waals surface area contributed by atoms with Crippen molar-refractivity contribution in [2.45, 2.75) is 13.5 Å². The molecule has 0 fully saturated rings. The van der Waals surface area contributed by atoms with E-state index < -0.39 is 0 Å². The zero-order valence-corrected chi connectivity index (χ0v) is 19.3. The third kappa shape index (κ3) is 5.50. The lowest BCUT2D eigenvalue weighted by Crippen LogP contribution is -2.23. The second kappa shape index (κ2) is 10.5. The standard InChI is InChI=1S/C27H26N4O3/c1-18-7-9-19(10-8-18)26-28-14-13-25(31-26)30-22-6-4-5-20(15-22)27(32)29-17-21-11-12-23(33-2)16-24(21)34-3/h4-16H,17H2,1-3H3,(H,29,32)(H,28,30,31). The number of hydrogen-bond acceptors (Lipinski definition) is 6. The van der Waals surface area contributed by atoms with E-state index >= 15 is 0 Å². The second-order valence-corrected chi connectivity index (χ2v) is 7.70. The average Bonchev–Trinajstić information content (AvgIpc) is 2.88. The Labute approximate surface area is 198 Å². The summed E-state index contributed by atoms with van der Waals surface area (Å²) in [6.07, 6.45) is 1.71. The van der Waals surface area contributed by atoms with Crippen LogP contribution in [0.4, 0.5) is 11.5 Å². The SMILES string of the molecule is COc1ccc(CNC(=O)c2cccc(Nc3ccnc(-c4ccc(C)cc4)n3)c2)c(OC)c1. The van der Waals surface area contributed by atoms with Crippen molar-refractivity contribution in [3.05, 3.63) is 95.7 Å². The quantitative estimate of drug-likeness (QED) is 0.383. The van der Waals surface area contributed by atoms with Gasteiger partial charge in [0, 0.05) is 41.2 Å². The van der Waals surface area contributed by atoms with Gasteiger partial charge in [0.1, 0.15) is 17.3 Å². The van der Waals surface area contributed by atoms with Crippen LogP contribution in [0, 0.1) is 6.92 Å². The van der Waals surface area contributed by atoms with Gasteiger partial charge in [0.15, 0.2) is 5.82 Å². The molecule has 0 aliphatic heterocycles. The summed E-state index contributed by atoms with van der Waals surface area (Å²) in [6.45, 7) is 2.37. The monoisotopic (exact) mass is 454 g/mol. The van der Waals surface area contributed by atoms with Crippen molar-refractivity contribution in [3.63, 3.8) is 0 Å². The Bertz CT molecular complexity index is 1290. The molecule has 4 aromatic rings. The number of benzene rings is 3. The van der Waals surface area contributed by atoms with E-state index in [-0.39, 0.29) is 5.91 Å². The van der Waals surface area contributed by atoms with Gasteiger partial charge in [0.05, 0.1) is 14.2 Å². The smallest absolute Gasteiger partial charge is 0.251 e. The highest BCUT2D eigenvalue weighted by Gasteiger charge is 2.10. The minimum Gasteiger partial charge on any atom is -0.497 e. The molecule has 34 heavy (non-hydrogen) atoms. The number of methoxy groups -OCH3 is 2. The molecular weight excluding hydrogens is 428 g/mol. The Morgan fingerprint density at radius 1 is 0.941 bits per heavy atom. The number of rotatable bonds is 8. The number of carbonyl (C=O) groups is 1. The lowest BCUT2D eigenvalue weighted by Gasteiger charge is -2.12. The summed E-state index contributed by atoms with van der Waals surface area (Å²) >= 11 is 0. The van der Waals surface area contributed by atoms with Crippen molar-refractivity contribution >= 4 is 17.4 Å².